The number of aryl methyl sites for hydroxylation is 2. The van der Waals surface area contributed by atoms with Crippen LogP contribution in [0.2, 0.25) is 5.02 Å². The topological polar surface area (TPSA) is 49.8 Å². The van der Waals surface area contributed by atoms with Gasteiger partial charge >= 0.3 is 0 Å². The first kappa shape index (κ1) is 17.2. The van der Waals surface area contributed by atoms with E-state index in [-0.39, 0.29) is 0 Å². The zero-order valence-electron chi connectivity index (χ0n) is 14.4. The minimum Gasteiger partial charge on any atom is -0.354 e. The molecule has 0 amide bonds. The maximum Gasteiger partial charge on any atom is 0.224 e. The van der Waals surface area contributed by atoms with E-state index in [1.54, 1.807) is 0 Å². The molecule has 25 heavy (non-hydrogen) atoms. The first-order chi connectivity index (χ1) is 12.1. The summed E-state index contributed by atoms with van der Waals surface area (Å²) in [5.74, 6) is 1.40. The number of benzene rings is 2. The average molecular weight is 353 g/mol. The van der Waals surface area contributed by atoms with Gasteiger partial charge in [0.2, 0.25) is 5.95 Å². The first-order valence-corrected chi connectivity index (χ1v) is 8.64. The Balaban J connectivity index is 1.65. The number of hydrogen-bond acceptors (Lipinski definition) is 4. The van der Waals surface area contributed by atoms with Gasteiger partial charge in [-0.3, -0.25) is 0 Å². The smallest absolute Gasteiger partial charge is 0.224 e. The maximum absolute atomic E-state index is 6.02. The number of hydrogen-bond donors (Lipinski definition) is 2. The molecule has 0 fully saturated rings. The summed E-state index contributed by atoms with van der Waals surface area (Å²) in [6.45, 7) is 4.78. The molecule has 0 radical (unpaired) electrons. The van der Waals surface area contributed by atoms with Gasteiger partial charge in [0.25, 0.3) is 0 Å². The van der Waals surface area contributed by atoms with Crippen molar-refractivity contribution in [3.05, 3.63) is 76.4 Å². The Morgan fingerprint density at radius 3 is 2.60 bits per heavy atom. The van der Waals surface area contributed by atoms with Crippen LogP contribution in [-0.2, 0) is 6.42 Å². The molecule has 0 aliphatic rings. The number of aromatic nitrogens is 2. The molecule has 0 spiro atoms. The fourth-order valence-electron chi connectivity index (χ4n) is 2.59. The Morgan fingerprint density at radius 1 is 0.960 bits per heavy atom. The van der Waals surface area contributed by atoms with Crippen LogP contribution in [0.25, 0.3) is 0 Å². The van der Waals surface area contributed by atoms with Crippen molar-refractivity contribution in [2.75, 3.05) is 17.2 Å². The Kier molecular flexibility index (Phi) is 5.51. The monoisotopic (exact) mass is 352 g/mol. The van der Waals surface area contributed by atoms with E-state index in [4.69, 9.17) is 11.6 Å². The fraction of sp³-hybridized carbons (Fsp3) is 0.200. The van der Waals surface area contributed by atoms with E-state index in [0.717, 1.165) is 35.2 Å². The lowest BCUT2D eigenvalue weighted by atomic mass is 10.1. The third-order valence-corrected chi connectivity index (χ3v) is 3.97. The van der Waals surface area contributed by atoms with Crippen molar-refractivity contribution < 1.29 is 0 Å². The van der Waals surface area contributed by atoms with Crippen LogP contribution in [0, 0.1) is 13.8 Å². The Bertz CT molecular complexity index is 864. The molecule has 5 heteroatoms. The highest BCUT2D eigenvalue weighted by Gasteiger charge is 2.03. The van der Waals surface area contributed by atoms with Crippen molar-refractivity contribution in [1.82, 2.24) is 9.97 Å². The van der Waals surface area contributed by atoms with Crippen LogP contribution in [0.3, 0.4) is 0 Å². The molecule has 0 atom stereocenters. The van der Waals surface area contributed by atoms with Crippen LogP contribution in [0.5, 0.6) is 0 Å². The molecular formula is C20H21ClN4. The van der Waals surface area contributed by atoms with Crippen LogP contribution in [0.1, 0.15) is 16.8 Å². The normalized spacial score (nSPS) is 10.5. The number of halogens is 1. The Hall–Kier alpha value is -2.59. The number of nitrogens with zero attached hydrogens (tertiary/aromatic N) is 2. The van der Waals surface area contributed by atoms with Crippen molar-refractivity contribution in [3.8, 4) is 0 Å². The molecule has 2 aromatic carbocycles. The lowest BCUT2D eigenvalue weighted by molar-refractivity contribution is 0.976. The maximum atomic E-state index is 6.02. The van der Waals surface area contributed by atoms with Crippen LogP contribution >= 0.6 is 11.6 Å². The van der Waals surface area contributed by atoms with E-state index in [2.05, 4.69) is 45.7 Å². The molecule has 2 N–H and O–H groups in total. The van der Waals surface area contributed by atoms with Crippen LogP contribution in [-0.4, -0.2) is 16.5 Å². The minimum atomic E-state index is 0.622. The summed E-state index contributed by atoms with van der Waals surface area (Å²) in [7, 11) is 0. The summed E-state index contributed by atoms with van der Waals surface area (Å²) in [6, 6.07) is 18.0. The van der Waals surface area contributed by atoms with Crippen LogP contribution < -0.4 is 10.6 Å². The van der Waals surface area contributed by atoms with Crippen LogP contribution in [0.4, 0.5) is 17.5 Å². The van der Waals surface area contributed by atoms with Gasteiger partial charge in [0.15, 0.2) is 0 Å². The summed E-state index contributed by atoms with van der Waals surface area (Å²) in [4.78, 5) is 9.00. The van der Waals surface area contributed by atoms with Crippen molar-refractivity contribution >= 4 is 29.1 Å². The second kappa shape index (κ2) is 7.99. The molecule has 3 rings (SSSR count). The molecule has 1 heterocycles. The molecular weight excluding hydrogens is 332 g/mol. The molecule has 3 aromatic rings. The summed E-state index contributed by atoms with van der Waals surface area (Å²) >= 11 is 6.02. The molecule has 128 valence electrons. The highest BCUT2D eigenvalue weighted by molar-refractivity contribution is 6.30. The zero-order valence-corrected chi connectivity index (χ0v) is 15.1. The van der Waals surface area contributed by atoms with Crippen molar-refractivity contribution in [3.63, 3.8) is 0 Å². The fourth-order valence-corrected chi connectivity index (χ4v) is 2.81. The SMILES string of the molecule is Cc1cccc(Nc2cc(C)nc(NCCc3cccc(Cl)c3)n2)c1. The average Bonchev–Trinajstić information content (AvgIpc) is 2.54. The van der Waals surface area contributed by atoms with Crippen LogP contribution in [0.15, 0.2) is 54.6 Å². The van der Waals surface area contributed by atoms with Crippen molar-refractivity contribution in [2.24, 2.45) is 0 Å². The quantitative estimate of drug-likeness (QED) is 0.644. The summed E-state index contributed by atoms with van der Waals surface area (Å²) in [5.41, 5.74) is 4.32. The molecule has 0 bridgehead atoms. The first-order valence-electron chi connectivity index (χ1n) is 8.26. The second-order valence-electron chi connectivity index (χ2n) is 6.02. The zero-order chi connectivity index (χ0) is 17.6. The van der Waals surface area contributed by atoms with Gasteiger partial charge in [-0.05, 0) is 55.7 Å². The highest BCUT2D eigenvalue weighted by Crippen LogP contribution is 2.18. The largest absolute Gasteiger partial charge is 0.354 e. The van der Waals surface area contributed by atoms with Gasteiger partial charge < -0.3 is 10.6 Å². The third-order valence-electron chi connectivity index (χ3n) is 3.73. The molecule has 1 aromatic heterocycles. The molecule has 0 unspecified atom stereocenters. The van der Waals surface area contributed by atoms with E-state index in [0.29, 0.717) is 5.95 Å². The molecule has 0 aliphatic heterocycles. The minimum absolute atomic E-state index is 0.622. The standard InChI is InChI=1S/C20H21ClN4/c1-14-5-3-8-18(11-14)24-19-12-15(2)23-20(25-19)22-10-9-16-6-4-7-17(21)13-16/h3-8,11-13H,9-10H2,1-2H3,(H2,22,23,24,25). The summed E-state index contributed by atoms with van der Waals surface area (Å²) < 4.78 is 0. The number of anilines is 3. The molecule has 4 nitrogen and oxygen atoms in total. The van der Waals surface area contributed by atoms with E-state index >= 15 is 0 Å². The van der Waals surface area contributed by atoms with Gasteiger partial charge in [0, 0.05) is 29.0 Å². The van der Waals surface area contributed by atoms with E-state index in [9.17, 15) is 0 Å². The van der Waals surface area contributed by atoms with Gasteiger partial charge in [0.1, 0.15) is 5.82 Å². The second-order valence-corrected chi connectivity index (χ2v) is 6.46. The van der Waals surface area contributed by atoms with Gasteiger partial charge in [-0.1, -0.05) is 35.9 Å². The molecule has 0 aliphatic carbocycles. The van der Waals surface area contributed by atoms with Crippen molar-refractivity contribution in [2.45, 2.75) is 20.3 Å². The Labute approximate surface area is 153 Å². The van der Waals surface area contributed by atoms with E-state index in [1.165, 1.54) is 11.1 Å². The third kappa shape index (κ3) is 5.19. The number of rotatable bonds is 6. The van der Waals surface area contributed by atoms with Gasteiger partial charge in [-0.15, -0.1) is 0 Å². The van der Waals surface area contributed by atoms with Gasteiger partial charge in [-0.2, -0.15) is 4.98 Å². The number of nitrogens with one attached hydrogen (secondary N) is 2. The van der Waals surface area contributed by atoms with Gasteiger partial charge in [0.05, 0.1) is 0 Å². The predicted molar refractivity (Wildman–Crippen MR) is 105 cm³/mol. The lowest BCUT2D eigenvalue weighted by Crippen LogP contribution is -2.09. The molecule has 0 saturated heterocycles. The van der Waals surface area contributed by atoms with Gasteiger partial charge in [-0.25, -0.2) is 4.98 Å². The van der Waals surface area contributed by atoms with E-state index in [1.807, 2.05) is 43.3 Å². The summed E-state index contributed by atoms with van der Waals surface area (Å²) in [6.07, 6.45) is 0.860. The highest BCUT2D eigenvalue weighted by atomic mass is 35.5. The molecule has 0 saturated carbocycles. The lowest BCUT2D eigenvalue weighted by Gasteiger charge is -2.10. The predicted octanol–water partition coefficient (Wildman–Crippen LogP) is 5.15. The summed E-state index contributed by atoms with van der Waals surface area (Å²) in [5, 5.41) is 7.38. The van der Waals surface area contributed by atoms with Crippen molar-refractivity contribution in [1.29, 1.82) is 0 Å². The Morgan fingerprint density at radius 2 is 1.80 bits per heavy atom. The van der Waals surface area contributed by atoms with E-state index < -0.39 is 0 Å².